The third-order valence-electron chi connectivity index (χ3n) is 5.12. The molecule has 0 radical (unpaired) electrons. The van der Waals surface area contributed by atoms with Crippen LogP contribution in [0, 0.1) is 0 Å². The third kappa shape index (κ3) is 2.16. The topological polar surface area (TPSA) is 3.24 Å². The minimum atomic E-state index is -0.0887. The van der Waals surface area contributed by atoms with E-state index >= 15 is 0 Å². The van der Waals surface area contributed by atoms with Crippen molar-refractivity contribution in [1.82, 2.24) is 4.90 Å². The SMILES string of the molecule is CC1(C)C(=S)N2CCCC(c3ccccc3)=C2c2ccccc21. The quantitative estimate of drug-likeness (QED) is 0.659. The fourth-order valence-electron chi connectivity index (χ4n) is 3.93. The van der Waals surface area contributed by atoms with Gasteiger partial charge in [0.05, 0.1) is 10.7 Å². The van der Waals surface area contributed by atoms with Gasteiger partial charge in [0, 0.05) is 17.5 Å². The molecule has 2 aromatic carbocycles. The summed E-state index contributed by atoms with van der Waals surface area (Å²) < 4.78 is 0. The molecule has 0 saturated carbocycles. The van der Waals surface area contributed by atoms with Crippen LogP contribution >= 0.6 is 12.2 Å². The Bertz CT molecular complexity index is 802. The molecule has 0 bridgehead atoms. The Morgan fingerprint density at radius 2 is 1.65 bits per heavy atom. The molecule has 2 aliphatic rings. The Kier molecular flexibility index (Phi) is 3.38. The van der Waals surface area contributed by atoms with Gasteiger partial charge in [-0.15, -0.1) is 0 Å². The smallest absolute Gasteiger partial charge is 0.0925 e. The highest BCUT2D eigenvalue weighted by Gasteiger charge is 2.41. The van der Waals surface area contributed by atoms with Gasteiger partial charge in [0.2, 0.25) is 0 Å². The Morgan fingerprint density at radius 3 is 2.43 bits per heavy atom. The van der Waals surface area contributed by atoms with E-state index < -0.39 is 0 Å². The summed E-state index contributed by atoms with van der Waals surface area (Å²) in [5.74, 6) is 0. The maximum absolute atomic E-state index is 5.91. The lowest BCUT2D eigenvalue weighted by Crippen LogP contribution is -2.47. The van der Waals surface area contributed by atoms with Crippen molar-refractivity contribution >= 4 is 28.5 Å². The Morgan fingerprint density at radius 1 is 0.957 bits per heavy atom. The number of benzene rings is 2. The van der Waals surface area contributed by atoms with Crippen molar-refractivity contribution in [1.29, 1.82) is 0 Å². The van der Waals surface area contributed by atoms with E-state index in [4.69, 9.17) is 12.2 Å². The lowest BCUT2D eigenvalue weighted by molar-refractivity contribution is 0.488. The van der Waals surface area contributed by atoms with Crippen LogP contribution in [0.25, 0.3) is 11.3 Å². The first kappa shape index (κ1) is 14.6. The number of fused-ring (bicyclic) bond motifs is 3. The zero-order valence-corrected chi connectivity index (χ0v) is 14.5. The van der Waals surface area contributed by atoms with E-state index in [0.717, 1.165) is 24.4 Å². The van der Waals surface area contributed by atoms with E-state index in [-0.39, 0.29) is 5.41 Å². The lowest BCUT2D eigenvalue weighted by atomic mass is 9.74. The molecule has 23 heavy (non-hydrogen) atoms. The molecule has 0 aromatic heterocycles. The van der Waals surface area contributed by atoms with Crippen LogP contribution in [-0.4, -0.2) is 16.4 Å². The highest BCUT2D eigenvalue weighted by atomic mass is 32.1. The maximum atomic E-state index is 5.91. The van der Waals surface area contributed by atoms with Gasteiger partial charge in [0.25, 0.3) is 0 Å². The van der Waals surface area contributed by atoms with Crippen LogP contribution in [-0.2, 0) is 5.41 Å². The molecule has 2 aliphatic heterocycles. The van der Waals surface area contributed by atoms with Crippen molar-refractivity contribution in [3.05, 3.63) is 71.3 Å². The second-order valence-electron chi connectivity index (χ2n) is 6.92. The molecule has 0 saturated heterocycles. The highest BCUT2D eigenvalue weighted by molar-refractivity contribution is 7.80. The van der Waals surface area contributed by atoms with E-state index in [9.17, 15) is 0 Å². The number of allylic oxidation sites excluding steroid dienone is 1. The van der Waals surface area contributed by atoms with Gasteiger partial charge >= 0.3 is 0 Å². The first-order valence-electron chi connectivity index (χ1n) is 8.31. The van der Waals surface area contributed by atoms with Gasteiger partial charge in [-0.1, -0.05) is 66.8 Å². The molecule has 0 amide bonds. The molecule has 2 heteroatoms. The van der Waals surface area contributed by atoms with Crippen LogP contribution in [0.15, 0.2) is 54.6 Å². The van der Waals surface area contributed by atoms with E-state index in [0.29, 0.717) is 0 Å². The number of thiocarbonyl (C=S) groups is 1. The van der Waals surface area contributed by atoms with Crippen LogP contribution < -0.4 is 0 Å². The Hall–Kier alpha value is -1.93. The van der Waals surface area contributed by atoms with Crippen molar-refractivity contribution in [2.45, 2.75) is 32.1 Å². The average Bonchev–Trinajstić information content (AvgIpc) is 2.60. The Labute approximate surface area is 143 Å². The third-order valence-corrected chi connectivity index (χ3v) is 5.85. The number of nitrogens with zero attached hydrogens (tertiary/aromatic N) is 1. The van der Waals surface area contributed by atoms with Crippen molar-refractivity contribution in [2.24, 2.45) is 0 Å². The van der Waals surface area contributed by atoms with Crippen molar-refractivity contribution in [2.75, 3.05) is 6.54 Å². The Balaban J connectivity index is 2.03. The fraction of sp³-hybridized carbons (Fsp3) is 0.286. The van der Waals surface area contributed by atoms with Crippen LogP contribution in [0.1, 0.15) is 43.4 Å². The average molecular weight is 319 g/mol. The van der Waals surface area contributed by atoms with Gasteiger partial charge in [-0.3, -0.25) is 0 Å². The summed E-state index contributed by atoms with van der Waals surface area (Å²) in [7, 11) is 0. The summed E-state index contributed by atoms with van der Waals surface area (Å²) in [4.78, 5) is 3.45. The lowest BCUT2D eigenvalue weighted by Gasteiger charge is -2.46. The summed E-state index contributed by atoms with van der Waals surface area (Å²) in [5.41, 5.74) is 6.71. The molecule has 0 spiro atoms. The number of hydrogen-bond acceptors (Lipinski definition) is 1. The first-order valence-corrected chi connectivity index (χ1v) is 8.72. The molecular weight excluding hydrogens is 298 g/mol. The minimum Gasteiger partial charge on any atom is -0.335 e. The monoisotopic (exact) mass is 319 g/mol. The molecule has 0 fully saturated rings. The first-order chi connectivity index (χ1) is 11.1. The molecule has 4 rings (SSSR count). The van der Waals surface area contributed by atoms with Crippen LogP contribution in [0.2, 0.25) is 0 Å². The highest BCUT2D eigenvalue weighted by Crippen LogP contribution is 2.46. The standard InChI is InChI=1S/C21H21NS/c1-21(2)18-13-7-6-11-17(18)19-16(15-9-4-3-5-10-15)12-8-14-22(19)20(21)23/h3-7,9-11,13H,8,12,14H2,1-2H3. The zero-order chi connectivity index (χ0) is 16.0. The predicted molar refractivity (Wildman–Crippen MR) is 101 cm³/mol. The van der Waals surface area contributed by atoms with E-state index in [1.54, 1.807) is 0 Å². The van der Waals surface area contributed by atoms with Crippen LogP contribution in [0.5, 0.6) is 0 Å². The van der Waals surface area contributed by atoms with Gasteiger partial charge in [-0.05, 0) is 43.4 Å². The largest absolute Gasteiger partial charge is 0.335 e. The maximum Gasteiger partial charge on any atom is 0.0925 e. The van der Waals surface area contributed by atoms with Crippen molar-refractivity contribution < 1.29 is 0 Å². The molecule has 116 valence electrons. The second-order valence-corrected chi connectivity index (χ2v) is 7.31. The molecule has 2 aromatic rings. The van der Waals surface area contributed by atoms with E-state index in [2.05, 4.69) is 73.3 Å². The minimum absolute atomic E-state index is 0.0887. The predicted octanol–water partition coefficient (Wildman–Crippen LogP) is 5.27. The van der Waals surface area contributed by atoms with E-state index in [1.165, 1.54) is 28.0 Å². The molecule has 0 aliphatic carbocycles. The van der Waals surface area contributed by atoms with E-state index in [1.807, 2.05) is 0 Å². The van der Waals surface area contributed by atoms with Crippen LogP contribution in [0.4, 0.5) is 0 Å². The van der Waals surface area contributed by atoms with Gasteiger partial charge in [0.1, 0.15) is 0 Å². The van der Waals surface area contributed by atoms with Crippen LogP contribution in [0.3, 0.4) is 0 Å². The molecule has 0 unspecified atom stereocenters. The number of rotatable bonds is 1. The summed E-state index contributed by atoms with van der Waals surface area (Å²) >= 11 is 5.91. The second kappa shape index (κ2) is 5.31. The molecule has 2 heterocycles. The zero-order valence-electron chi connectivity index (χ0n) is 13.7. The fourth-order valence-corrected chi connectivity index (χ4v) is 4.22. The van der Waals surface area contributed by atoms with Gasteiger partial charge in [0.15, 0.2) is 0 Å². The number of hydrogen-bond donors (Lipinski definition) is 0. The summed E-state index contributed by atoms with van der Waals surface area (Å²) in [6.45, 7) is 5.53. The molecular formula is C21H21NS. The van der Waals surface area contributed by atoms with Crippen molar-refractivity contribution in [3.63, 3.8) is 0 Å². The van der Waals surface area contributed by atoms with Gasteiger partial charge in [-0.2, -0.15) is 0 Å². The molecule has 1 nitrogen and oxygen atoms in total. The molecule has 0 atom stereocenters. The van der Waals surface area contributed by atoms with Gasteiger partial charge in [-0.25, -0.2) is 0 Å². The molecule has 0 N–H and O–H groups in total. The normalized spacial score (nSPS) is 19.4. The summed E-state index contributed by atoms with van der Waals surface area (Å²) in [5, 5.41) is 0. The van der Waals surface area contributed by atoms with Crippen molar-refractivity contribution in [3.8, 4) is 0 Å². The summed E-state index contributed by atoms with van der Waals surface area (Å²) in [6.07, 6.45) is 2.28. The summed E-state index contributed by atoms with van der Waals surface area (Å²) in [6, 6.07) is 19.5. The van der Waals surface area contributed by atoms with Gasteiger partial charge < -0.3 is 4.90 Å².